The van der Waals surface area contributed by atoms with Gasteiger partial charge < -0.3 is 38.4 Å². The first-order valence-electron chi connectivity index (χ1n) is 15.7. The Morgan fingerprint density at radius 2 is 1.74 bits per heavy atom. The number of piperidine rings is 1. The number of likely N-dealkylation sites (tertiary alicyclic amines) is 1. The molecule has 1 spiro atoms. The Morgan fingerprint density at radius 1 is 1.02 bits per heavy atom. The molecule has 0 amide bonds. The maximum Gasteiger partial charge on any atom is 0.514 e. The number of carbonyl (C=O) groups excluding carboxylic acids is 4. The van der Waals surface area contributed by atoms with E-state index in [1.54, 1.807) is 63.2 Å². The molecule has 2 aliphatic heterocycles. The molecule has 6 rings (SSSR count). The van der Waals surface area contributed by atoms with Crippen LogP contribution in [0.4, 0.5) is 4.79 Å². The number of carbonyl (C=O) groups is 4. The van der Waals surface area contributed by atoms with Crippen molar-refractivity contribution in [3.05, 3.63) is 71.0 Å². The van der Waals surface area contributed by atoms with Gasteiger partial charge in [-0.05, 0) is 71.8 Å². The second-order valence-electron chi connectivity index (χ2n) is 13.5. The number of benzene rings is 2. The zero-order valence-electron chi connectivity index (χ0n) is 27.2. The van der Waals surface area contributed by atoms with E-state index in [4.69, 9.17) is 28.4 Å². The highest BCUT2D eigenvalue weighted by Gasteiger charge is 2.72. The van der Waals surface area contributed by atoms with Crippen LogP contribution in [-0.2, 0) is 45.2 Å². The van der Waals surface area contributed by atoms with Gasteiger partial charge in [0.1, 0.15) is 11.4 Å². The number of hydrogen-bond acceptors (Lipinski definition) is 12. The zero-order valence-corrected chi connectivity index (χ0v) is 27.2. The summed E-state index contributed by atoms with van der Waals surface area (Å²) in [7, 11) is 1.97. The largest absolute Gasteiger partial charge is 0.514 e. The van der Waals surface area contributed by atoms with Crippen molar-refractivity contribution in [2.24, 2.45) is 0 Å². The quantitative estimate of drug-likeness (QED) is 0.262. The molecular weight excluding hydrogens is 610 g/mol. The maximum absolute atomic E-state index is 13.4. The highest BCUT2D eigenvalue weighted by atomic mass is 16.7. The molecule has 0 saturated carbocycles. The van der Waals surface area contributed by atoms with Crippen LogP contribution in [0.1, 0.15) is 70.3 Å². The molecule has 47 heavy (non-hydrogen) atoms. The first kappa shape index (κ1) is 32.5. The standard InChI is InChI=1S/C35H39NO11/c1-19(42-31(39)27(43-20(2)37)21-10-8-7-9-11-21)30(38)44-24-14-15-35(41)25-18-22-12-13-23(45-32(40)47-33(3,4)5)28-26(22)34(35,29(24)46-28)16-17-36(25)6/h7-14,19,25,27,29,41H,15-18H2,1-6H3/t19-,25-,27-,29-,34-,35+/m0/s1. The van der Waals surface area contributed by atoms with Crippen LogP contribution in [0.5, 0.6) is 11.5 Å². The van der Waals surface area contributed by atoms with E-state index in [1.165, 1.54) is 13.8 Å². The average Bonchev–Trinajstić information content (AvgIpc) is 3.35. The van der Waals surface area contributed by atoms with E-state index in [0.29, 0.717) is 24.9 Å². The molecule has 4 aliphatic rings. The summed E-state index contributed by atoms with van der Waals surface area (Å²) in [5.41, 5.74) is -1.04. The molecule has 0 unspecified atom stereocenters. The smallest absolute Gasteiger partial charge is 0.477 e. The van der Waals surface area contributed by atoms with Gasteiger partial charge in [-0.3, -0.25) is 4.79 Å². The van der Waals surface area contributed by atoms with E-state index >= 15 is 0 Å². The van der Waals surface area contributed by atoms with Crippen molar-refractivity contribution < 1.29 is 52.7 Å². The van der Waals surface area contributed by atoms with E-state index in [0.717, 1.165) is 11.1 Å². The second-order valence-corrected chi connectivity index (χ2v) is 13.5. The number of rotatable bonds is 7. The lowest BCUT2D eigenvalue weighted by Crippen LogP contribution is -2.74. The normalized spacial score (nSPS) is 26.8. The minimum absolute atomic E-state index is 0.131. The minimum Gasteiger partial charge on any atom is -0.477 e. The molecule has 2 aliphatic carbocycles. The molecule has 2 heterocycles. The molecule has 12 nitrogen and oxygen atoms in total. The first-order valence-corrected chi connectivity index (χ1v) is 15.7. The fourth-order valence-electron chi connectivity index (χ4n) is 7.40. The van der Waals surface area contributed by atoms with E-state index in [-0.39, 0.29) is 29.7 Å². The molecule has 2 aromatic carbocycles. The summed E-state index contributed by atoms with van der Waals surface area (Å²) in [6.07, 6.45) is -1.80. The van der Waals surface area contributed by atoms with Crippen LogP contribution in [0.2, 0.25) is 0 Å². The molecule has 250 valence electrons. The predicted octanol–water partition coefficient (Wildman–Crippen LogP) is 4.06. The van der Waals surface area contributed by atoms with Crippen molar-refractivity contribution in [2.75, 3.05) is 13.6 Å². The third kappa shape index (κ3) is 5.53. The van der Waals surface area contributed by atoms with Crippen molar-refractivity contribution in [3.63, 3.8) is 0 Å². The molecule has 1 N–H and O–H groups in total. The lowest BCUT2D eigenvalue weighted by Gasteiger charge is -2.61. The number of likely N-dealkylation sites (N-methyl/N-ethyl adjacent to an activating group) is 1. The number of hydrogen-bond donors (Lipinski definition) is 1. The second kappa shape index (κ2) is 11.7. The first-order chi connectivity index (χ1) is 22.1. The topological polar surface area (TPSA) is 147 Å². The molecule has 6 atom stereocenters. The molecule has 1 saturated heterocycles. The van der Waals surface area contributed by atoms with Crippen LogP contribution >= 0.6 is 0 Å². The Hall–Kier alpha value is -4.42. The van der Waals surface area contributed by atoms with Crippen LogP contribution in [0.3, 0.4) is 0 Å². The van der Waals surface area contributed by atoms with E-state index in [1.807, 2.05) is 13.1 Å². The van der Waals surface area contributed by atoms with Gasteiger partial charge in [-0.1, -0.05) is 36.4 Å². The Labute approximate surface area is 272 Å². The van der Waals surface area contributed by atoms with Gasteiger partial charge in [0, 0.05) is 30.5 Å². The highest BCUT2D eigenvalue weighted by molar-refractivity contribution is 5.84. The fraction of sp³-hybridized carbons (Fsp3) is 0.486. The number of esters is 3. The van der Waals surface area contributed by atoms with Gasteiger partial charge in [-0.2, -0.15) is 0 Å². The van der Waals surface area contributed by atoms with Gasteiger partial charge >= 0.3 is 24.1 Å². The van der Waals surface area contributed by atoms with E-state index < -0.39 is 59.0 Å². The van der Waals surface area contributed by atoms with Crippen molar-refractivity contribution in [1.29, 1.82) is 0 Å². The average molecular weight is 650 g/mol. The van der Waals surface area contributed by atoms with Gasteiger partial charge in [0.05, 0.1) is 11.0 Å². The Balaban J connectivity index is 1.28. The van der Waals surface area contributed by atoms with Gasteiger partial charge in [-0.15, -0.1) is 0 Å². The van der Waals surface area contributed by atoms with Gasteiger partial charge in [-0.25, -0.2) is 14.4 Å². The van der Waals surface area contributed by atoms with Crippen LogP contribution in [0.25, 0.3) is 0 Å². The number of nitrogens with zero attached hydrogens (tertiary/aromatic N) is 1. The van der Waals surface area contributed by atoms with E-state index in [9.17, 15) is 24.3 Å². The summed E-state index contributed by atoms with van der Waals surface area (Å²) in [6.45, 7) is 8.34. The minimum atomic E-state index is -1.38. The van der Waals surface area contributed by atoms with Crippen LogP contribution in [-0.4, -0.2) is 77.1 Å². The molecule has 1 fully saturated rings. The van der Waals surface area contributed by atoms with Gasteiger partial charge in [0.2, 0.25) is 6.10 Å². The van der Waals surface area contributed by atoms with Crippen molar-refractivity contribution in [3.8, 4) is 11.5 Å². The molecule has 0 radical (unpaired) electrons. The SMILES string of the molecule is CC(=O)O[C@H](C(=O)O[C@@H](C)C(=O)OC1=CC[C@@]2(O)[C@@H]3Cc4ccc(OC(=O)OC(C)(C)C)c5c4[C@@]2(CCN3C)[C@H]1O5)c1ccccc1. The molecule has 12 heteroatoms. The maximum atomic E-state index is 13.4. The Morgan fingerprint density at radius 3 is 2.43 bits per heavy atom. The fourth-order valence-corrected chi connectivity index (χ4v) is 7.40. The van der Waals surface area contributed by atoms with E-state index in [2.05, 4.69) is 4.90 Å². The zero-order chi connectivity index (χ0) is 33.9. The lowest BCUT2D eigenvalue weighted by molar-refractivity contribution is -0.180. The van der Waals surface area contributed by atoms with Gasteiger partial charge in [0.15, 0.2) is 23.7 Å². The summed E-state index contributed by atoms with van der Waals surface area (Å²) in [4.78, 5) is 53.1. The van der Waals surface area contributed by atoms with Crippen LogP contribution < -0.4 is 9.47 Å². The molecule has 2 bridgehead atoms. The molecular formula is C35H39NO11. The summed E-state index contributed by atoms with van der Waals surface area (Å²) in [5.74, 6) is -1.95. The lowest BCUT2D eigenvalue weighted by atomic mass is 9.50. The van der Waals surface area contributed by atoms with Crippen molar-refractivity contribution in [2.45, 2.75) is 94.9 Å². The van der Waals surface area contributed by atoms with Gasteiger partial charge in [0.25, 0.3) is 0 Å². The van der Waals surface area contributed by atoms with Crippen molar-refractivity contribution >= 4 is 24.1 Å². The monoisotopic (exact) mass is 649 g/mol. The summed E-state index contributed by atoms with van der Waals surface area (Å²) in [6, 6.07) is 11.6. The number of aliphatic hydroxyl groups is 1. The Bertz CT molecular complexity index is 1650. The molecule has 0 aromatic heterocycles. The third-order valence-electron chi connectivity index (χ3n) is 9.36. The molecule has 2 aromatic rings. The summed E-state index contributed by atoms with van der Waals surface area (Å²) in [5, 5.41) is 12.5. The predicted molar refractivity (Wildman–Crippen MR) is 164 cm³/mol. The van der Waals surface area contributed by atoms with Crippen LogP contribution in [0, 0.1) is 0 Å². The number of ether oxygens (including phenoxy) is 6. The summed E-state index contributed by atoms with van der Waals surface area (Å²) < 4.78 is 34.0. The highest BCUT2D eigenvalue weighted by Crippen LogP contribution is 2.65. The van der Waals surface area contributed by atoms with Crippen LogP contribution in [0.15, 0.2) is 54.3 Å². The summed E-state index contributed by atoms with van der Waals surface area (Å²) >= 11 is 0. The Kier molecular flexibility index (Phi) is 8.08. The van der Waals surface area contributed by atoms with Crippen molar-refractivity contribution in [1.82, 2.24) is 4.90 Å². The third-order valence-corrected chi connectivity index (χ3v) is 9.36.